The highest BCUT2D eigenvalue weighted by atomic mass is 16.5. The quantitative estimate of drug-likeness (QED) is 0.733. The van der Waals surface area contributed by atoms with E-state index in [9.17, 15) is 0 Å². The number of hydrogen-bond acceptors (Lipinski definition) is 3. The zero-order valence-corrected chi connectivity index (χ0v) is 8.74. The van der Waals surface area contributed by atoms with E-state index in [1.165, 1.54) is 0 Å². The number of nitrogens with zero attached hydrogens (tertiary/aromatic N) is 1. The van der Waals surface area contributed by atoms with E-state index >= 15 is 0 Å². The van der Waals surface area contributed by atoms with Gasteiger partial charge < -0.3 is 15.5 Å². The maximum Gasteiger partial charge on any atom is 0.141 e. The zero-order valence-electron chi connectivity index (χ0n) is 8.74. The van der Waals surface area contributed by atoms with E-state index in [0.29, 0.717) is 5.69 Å². The maximum atomic E-state index is 5.68. The van der Waals surface area contributed by atoms with Crippen LogP contribution in [0.1, 0.15) is 5.69 Å². The van der Waals surface area contributed by atoms with Gasteiger partial charge in [0, 0.05) is 18.0 Å². The lowest BCUT2D eigenvalue weighted by molar-refractivity contribution is 0.416. The van der Waals surface area contributed by atoms with Crippen molar-refractivity contribution in [3.8, 4) is 17.1 Å². The van der Waals surface area contributed by atoms with E-state index in [4.69, 9.17) is 10.5 Å². The molecule has 0 fully saturated rings. The molecule has 1 aromatic heterocycles. The molecule has 0 aliphatic carbocycles. The molecule has 0 bridgehead atoms. The lowest BCUT2D eigenvalue weighted by Gasteiger charge is -2.06. The van der Waals surface area contributed by atoms with Crippen LogP contribution in [-0.4, -0.2) is 17.1 Å². The van der Waals surface area contributed by atoms with Crippen LogP contribution in [0.3, 0.4) is 0 Å². The number of rotatable bonds is 2. The Morgan fingerprint density at radius 3 is 2.80 bits per heavy atom. The van der Waals surface area contributed by atoms with Crippen molar-refractivity contribution in [3.63, 3.8) is 0 Å². The number of benzene rings is 1. The molecule has 0 saturated carbocycles. The molecule has 2 aromatic rings. The van der Waals surface area contributed by atoms with Gasteiger partial charge in [-0.15, -0.1) is 0 Å². The minimum atomic E-state index is 0.680. The molecular weight excluding hydrogens is 190 g/mol. The van der Waals surface area contributed by atoms with Gasteiger partial charge in [-0.25, -0.2) is 4.98 Å². The topological polar surface area (TPSA) is 63.9 Å². The molecule has 0 saturated heterocycles. The molecule has 2 rings (SSSR count). The van der Waals surface area contributed by atoms with Gasteiger partial charge in [0.15, 0.2) is 0 Å². The normalized spacial score (nSPS) is 10.3. The molecule has 0 aliphatic heterocycles. The van der Waals surface area contributed by atoms with Crippen LogP contribution in [0.15, 0.2) is 24.4 Å². The molecule has 0 radical (unpaired) electrons. The molecule has 0 atom stereocenters. The predicted molar refractivity (Wildman–Crippen MR) is 59.7 cm³/mol. The van der Waals surface area contributed by atoms with Crippen LogP contribution < -0.4 is 10.5 Å². The first-order valence-electron chi connectivity index (χ1n) is 4.66. The number of methoxy groups -OCH3 is 1. The Bertz CT molecular complexity index is 476. The van der Waals surface area contributed by atoms with Crippen molar-refractivity contribution >= 4 is 5.69 Å². The monoisotopic (exact) mass is 203 g/mol. The van der Waals surface area contributed by atoms with Crippen molar-refractivity contribution < 1.29 is 4.74 Å². The summed E-state index contributed by atoms with van der Waals surface area (Å²) in [5, 5.41) is 0. The number of imidazole rings is 1. The Balaban J connectivity index is 2.52. The lowest BCUT2D eigenvalue weighted by atomic mass is 10.1. The summed E-state index contributed by atoms with van der Waals surface area (Å²) in [4.78, 5) is 7.43. The Labute approximate surface area is 88.1 Å². The van der Waals surface area contributed by atoms with Gasteiger partial charge in [-0.2, -0.15) is 0 Å². The van der Waals surface area contributed by atoms with E-state index in [2.05, 4.69) is 9.97 Å². The summed E-state index contributed by atoms with van der Waals surface area (Å²) >= 11 is 0. The second-order valence-corrected chi connectivity index (χ2v) is 3.35. The number of nitrogens with two attached hydrogens (primary N) is 1. The summed E-state index contributed by atoms with van der Waals surface area (Å²) in [5.74, 6) is 1.52. The molecular formula is C11H13N3O. The number of hydrogen-bond donors (Lipinski definition) is 2. The molecule has 4 heteroatoms. The first-order chi connectivity index (χ1) is 7.20. The average molecular weight is 203 g/mol. The molecule has 0 aliphatic rings. The largest absolute Gasteiger partial charge is 0.496 e. The van der Waals surface area contributed by atoms with Gasteiger partial charge in [0.2, 0.25) is 0 Å². The fourth-order valence-electron chi connectivity index (χ4n) is 1.46. The molecule has 1 heterocycles. The second kappa shape index (κ2) is 3.65. The van der Waals surface area contributed by atoms with Gasteiger partial charge in [0.25, 0.3) is 0 Å². The van der Waals surface area contributed by atoms with Gasteiger partial charge in [-0.05, 0) is 19.1 Å². The van der Waals surface area contributed by atoms with E-state index in [1.54, 1.807) is 13.2 Å². The van der Waals surface area contributed by atoms with Crippen LogP contribution in [0.5, 0.6) is 5.75 Å². The average Bonchev–Trinajstić information content (AvgIpc) is 2.64. The van der Waals surface area contributed by atoms with Crippen LogP contribution in [-0.2, 0) is 0 Å². The Hall–Kier alpha value is -1.97. The summed E-state index contributed by atoms with van der Waals surface area (Å²) in [6.45, 7) is 1.93. The standard InChI is InChI=1S/C11H13N3O/c1-7-6-13-11(14-7)9-4-3-8(12)5-10(9)15-2/h3-6H,12H2,1-2H3,(H,13,14). The van der Waals surface area contributed by atoms with Crippen molar-refractivity contribution in [2.75, 3.05) is 12.8 Å². The first-order valence-corrected chi connectivity index (χ1v) is 4.66. The fourth-order valence-corrected chi connectivity index (χ4v) is 1.46. The summed E-state index contributed by atoms with van der Waals surface area (Å²) in [6, 6.07) is 5.51. The number of aromatic amines is 1. The lowest BCUT2D eigenvalue weighted by Crippen LogP contribution is -1.92. The van der Waals surface area contributed by atoms with Gasteiger partial charge in [-0.3, -0.25) is 0 Å². The third kappa shape index (κ3) is 1.79. The van der Waals surface area contributed by atoms with Crippen molar-refractivity contribution in [3.05, 3.63) is 30.1 Å². The molecule has 0 spiro atoms. The highest BCUT2D eigenvalue weighted by molar-refractivity contribution is 5.68. The van der Waals surface area contributed by atoms with Gasteiger partial charge in [0.05, 0.1) is 18.4 Å². The molecule has 0 unspecified atom stereocenters. The van der Waals surface area contributed by atoms with Crippen LogP contribution in [0.2, 0.25) is 0 Å². The third-order valence-electron chi connectivity index (χ3n) is 2.19. The molecule has 3 N–H and O–H groups in total. The summed E-state index contributed by atoms with van der Waals surface area (Å²) in [6.07, 6.45) is 1.85. The van der Waals surface area contributed by atoms with E-state index in [0.717, 1.165) is 22.8 Å². The Morgan fingerprint density at radius 2 is 2.20 bits per heavy atom. The summed E-state index contributed by atoms with van der Waals surface area (Å²) < 4.78 is 5.25. The number of anilines is 1. The van der Waals surface area contributed by atoms with Gasteiger partial charge in [-0.1, -0.05) is 0 Å². The van der Waals surface area contributed by atoms with Crippen LogP contribution in [0.4, 0.5) is 5.69 Å². The highest BCUT2D eigenvalue weighted by Gasteiger charge is 2.08. The maximum absolute atomic E-state index is 5.68. The number of aromatic nitrogens is 2. The summed E-state index contributed by atoms with van der Waals surface area (Å²) in [5.41, 5.74) is 8.22. The van der Waals surface area contributed by atoms with Crippen molar-refractivity contribution in [1.29, 1.82) is 0 Å². The van der Waals surface area contributed by atoms with Gasteiger partial charge >= 0.3 is 0 Å². The third-order valence-corrected chi connectivity index (χ3v) is 2.19. The minimum absolute atomic E-state index is 0.680. The fraction of sp³-hybridized carbons (Fsp3) is 0.182. The smallest absolute Gasteiger partial charge is 0.141 e. The predicted octanol–water partition coefficient (Wildman–Crippen LogP) is 1.98. The first kappa shape index (κ1) is 9.58. The number of nitrogens with one attached hydrogen (secondary N) is 1. The molecule has 4 nitrogen and oxygen atoms in total. The summed E-state index contributed by atoms with van der Waals surface area (Å²) in [7, 11) is 1.62. The number of nitrogen functional groups attached to an aromatic ring is 1. The Kier molecular flexibility index (Phi) is 2.33. The molecule has 1 aromatic carbocycles. The second-order valence-electron chi connectivity index (χ2n) is 3.35. The van der Waals surface area contributed by atoms with Crippen LogP contribution in [0.25, 0.3) is 11.4 Å². The number of H-pyrrole nitrogens is 1. The highest BCUT2D eigenvalue weighted by Crippen LogP contribution is 2.29. The van der Waals surface area contributed by atoms with Gasteiger partial charge in [0.1, 0.15) is 11.6 Å². The number of ether oxygens (including phenoxy) is 1. The SMILES string of the molecule is COc1cc(N)ccc1-c1nc(C)c[nH]1. The van der Waals surface area contributed by atoms with Crippen molar-refractivity contribution in [2.24, 2.45) is 0 Å². The number of aryl methyl sites for hydroxylation is 1. The van der Waals surface area contributed by atoms with E-state index in [1.807, 2.05) is 25.3 Å². The molecule has 15 heavy (non-hydrogen) atoms. The molecule has 0 amide bonds. The zero-order chi connectivity index (χ0) is 10.8. The van der Waals surface area contributed by atoms with E-state index in [-0.39, 0.29) is 0 Å². The van der Waals surface area contributed by atoms with E-state index < -0.39 is 0 Å². The molecule has 78 valence electrons. The van der Waals surface area contributed by atoms with Crippen LogP contribution in [0, 0.1) is 6.92 Å². The van der Waals surface area contributed by atoms with Crippen molar-refractivity contribution in [2.45, 2.75) is 6.92 Å². The minimum Gasteiger partial charge on any atom is -0.496 e. The van der Waals surface area contributed by atoms with Crippen molar-refractivity contribution in [1.82, 2.24) is 9.97 Å². The van der Waals surface area contributed by atoms with Crippen LogP contribution >= 0.6 is 0 Å². The Morgan fingerprint density at radius 1 is 1.40 bits per heavy atom.